The average molecular weight is 502 g/mol. The van der Waals surface area contributed by atoms with Crippen molar-refractivity contribution in [3.63, 3.8) is 0 Å². The summed E-state index contributed by atoms with van der Waals surface area (Å²) in [4.78, 5) is 17.5. The number of benzene rings is 2. The molecule has 0 heterocycles. The molecule has 5 nitrogen and oxygen atoms in total. The molecule has 0 atom stereocenters. The number of halogens is 3. The second kappa shape index (κ2) is 11.6. The Labute approximate surface area is 181 Å². The van der Waals surface area contributed by atoms with Crippen LogP contribution in [0.1, 0.15) is 21.5 Å². The van der Waals surface area contributed by atoms with Crippen LogP contribution in [-0.4, -0.2) is 44.5 Å². The highest BCUT2D eigenvalue weighted by Gasteiger charge is 2.08. The van der Waals surface area contributed by atoms with Gasteiger partial charge in [-0.1, -0.05) is 18.2 Å². The Balaban J connectivity index is 0.00000392. The Hall–Kier alpha value is -2.23. The Bertz CT molecular complexity index is 810. The number of amides is 1. The molecular weight excluding hydrogens is 477 g/mol. The summed E-state index contributed by atoms with van der Waals surface area (Å²) >= 11 is 0. The summed E-state index contributed by atoms with van der Waals surface area (Å²) in [6, 6.07) is 10.9. The van der Waals surface area contributed by atoms with Gasteiger partial charge in [0, 0.05) is 45.9 Å². The first kappa shape index (κ1) is 23.8. The Morgan fingerprint density at radius 3 is 2.32 bits per heavy atom. The van der Waals surface area contributed by atoms with Crippen LogP contribution in [0.25, 0.3) is 0 Å². The number of hydrogen-bond donors (Lipinski definition) is 2. The monoisotopic (exact) mass is 502 g/mol. The lowest BCUT2D eigenvalue weighted by molar-refractivity contribution is 0.0827. The normalized spacial score (nSPS) is 10.8. The largest absolute Gasteiger partial charge is 0.356 e. The van der Waals surface area contributed by atoms with Crippen molar-refractivity contribution >= 4 is 35.8 Å². The van der Waals surface area contributed by atoms with Crippen LogP contribution in [0.2, 0.25) is 0 Å². The molecule has 0 aliphatic heterocycles. The smallest absolute Gasteiger partial charge is 0.253 e. The summed E-state index contributed by atoms with van der Waals surface area (Å²) in [5, 5.41) is 6.25. The molecule has 2 aromatic rings. The topological polar surface area (TPSA) is 56.7 Å². The van der Waals surface area contributed by atoms with Gasteiger partial charge in [0.15, 0.2) is 5.96 Å². The maximum atomic E-state index is 13.6. The number of nitrogens with one attached hydrogen (secondary N) is 2. The van der Waals surface area contributed by atoms with Gasteiger partial charge in [-0.2, -0.15) is 0 Å². The van der Waals surface area contributed by atoms with E-state index in [1.54, 1.807) is 33.3 Å². The molecule has 2 aromatic carbocycles. The van der Waals surface area contributed by atoms with Crippen LogP contribution in [-0.2, 0) is 13.0 Å². The highest BCUT2D eigenvalue weighted by molar-refractivity contribution is 14.0. The fraction of sp³-hybridized carbons (Fsp3) is 0.300. The summed E-state index contributed by atoms with van der Waals surface area (Å²) in [7, 11) is 5.07. The van der Waals surface area contributed by atoms with Crippen LogP contribution in [0.5, 0.6) is 0 Å². The molecule has 28 heavy (non-hydrogen) atoms. The summed E-state index contributed by atoms with van der Waals surface area (Å²) in [5.74, 6) is -0.599. The number of carbonyl (C=O) groups is 1. The van der Waals surface area contributed by atoms with E-state index in [0.717, 1.165) is 11.6 Å². The third-order valence-electron chi connectivity index (χ3n) is 3.99. The van der Waals surface area contributed by atoms with Gasteiger partial charge in [0.1, 0.15) is 11.6 Å². The Morgan fingerprint density at radius 1 is 1.07 bits per heavy atom. The van der Waals surface area contributed by atoms with Gasteiger partial charge in [-0.05, 0) is 35.7 Å². The van der Waals surface area contributed by atoms with E-state index in [1.165, 1.54) is 17.0 Å². The molecule has 0 saturated heterocycles. The fourth-order valence-electron chi connectivity index (χ4n) is 2.47. The van der Waals surface area contributed by atoms with E-state index in [9.17, 15) is 13.6 Å². The van der Waals surface area contributed by atoms with Gasteiger partial charge in [-0.3, -0.25) is 9.79 Å². The number of aliphatic imine (C=N–C) groups is 1. The van der Waals surface area contributed by atoms with Crippen molar-refractivity contribution < 1.29 is 13.6 Å². The average Bonchev–Trinajstić information content (AvgIpc) is 2.65. The third kappa shape index (κ3) is 7.06. The molecule has 0 saturated carbocycles. The molecule has 0 bridgehead atoms. The summed E-state index contributed by atoms with van der Waals surface area (Å²) in [6.45, 7) is 0.986. The van der Waals surface area contributed by atoms with Crippen molar-refractivity contribution in [3.05, 3.63) is 70.8 Å². The summed E-state index contributed by atoms with van der Waals surface area (Å²) in [5.41, 5.74) is 2.07. The SMILES string of the molecule is CN=C(NCCc1ccc(F)cc1F)NCc1ccc(C(=O)N(C)C)cc1.I. The minimum Gasteiger partial charge on any atom is -0.356 e. The van der Waals surface area contributed by atoms with Crippen LogP contribution in [0, 0.1) is 11.6 Å². The van der Waals surface area contributed by atoms with Crippen LogP contribution in [0.3, 0.4) is 0 Å². The van der Waals surface area contributed by atoms with E-state index in [0.29, 0.717) is 36.6 Å². The summed E-state index contributed by atoms with van der Waals surface area (Å²) < 4.78 is 26.5. The molecule has 0 radical (unpaired) electrons. The highest BCUT2D eigenvalue weighted by Crippen LogP contribution is 2.09. The van der Waals surface area contributed by atoms with Gasteiger partial charge in [0.25, 0.3) is 5.91 Å². The highest BCUT2D eigenvalue weighted by atomic mass is 127. The molecule has 0 aliphatic carbocycles. The molecule has 0 unspecified atom stereocenters. The molecule has 0 aliphatic rings. The first-order valence-electron chi connectivity index (χ1n) is 8.59. The van der Waals surface area contributed by atoms with Crippen molar-refractivity contribution in [2.75, 3.05) is 27.7 Å². The van der Waals surface area contributed by atoms with Crippen molar-refractivity contribution in [2.24, 2.45) is 4.99 Å². The Morgan fingerprint density at radius 2 is 1.75 bits per heavy atom. The van der Waals surface area contributed by atoms with E-state index in [1.807, 2.05) is 12.1 Å². The predicted octanol–water partition coefficient (Wildman–Crippen LogP) is 3.19. The van der Waals surface area contributed by atoms with Gasteiger partial charge >= 0.3 is 0 Å². The molecule has 2 rings (SSSR count). The van der Waals surface area contributed by atoms with Gasteiger partial charge < -0.3 is 15.5 Å². The zero-order chi connectivity index (χ0) is 19.8. The maximum absolute atomic E-state index is 13.6. The fourth-order valence-corrected chi connectivity index (χ4v) is 2.47. The van der Waals surface area contributed by atoms with Crippen LogP contribution in [0.15, 0.2) is 47.5 Å². The van der Waals surface area contributed by atoms with Crippen molar-refractivity contribution in [1.82, 2.24) is 15.5 Å². The lowest BCUT2D eigenvalue weighted by atomic mass is 10.1. The molecule has 2 N–H and O–H groups in total. The van der Waals surface area contributed by atoms with Gasteiger partial charge in [0.2, 0.25) is 0 Å². The van der Waals surface area contributed by atoms with Gasteiger partial charge in [0.05, 0.1) is 0 Å². The molecular formula is C20H25F2IN4O. The van der Waals surface area contributed by atoms with Crippen molar-refractivity contribution in [2.45, 2.75) is 13.0 Å². The second-order valence-corrected chi connectivity index (χ2v) is 6.23. The molecule has 8 heteroatoms. The molecule has 152 valence electrons. The van der Waals surface area contributed by atoms with Gasteiger partial charge in [-0.15, -0.1) is 24.0 Å². The predicted molar refractivity (Wildman–Crippen MR) is 118 cm³/mol. The maximum Gasteiger partial charge on any atom is 0.253 e. The van der Waals surface area contributed by atoms with Crippen LogP contribution < -0.4 is 10.6 Å². The number of carbonyl (C=O) groups excluding carboxylic acids is 1. The van der Waals surface area contributed by atoms with Crippen LogP contribution in [0.4, 0.5) is 8.78 Å². The minimum atomic E-state index is -0.583. The van der Waals surface area contributed by atoms with Crippen LogP contribution >= 0.6 is 24.0 Å². The standard InChI is InChI=1S/C20H24F2N4O.HI/c1-23-20(24-11-10-15-8-9-17(21)12-18(15)22)25-13-14-4-6-16(7-5-14)19(27)26(2)3;/h4-9,12H,10-11,13H2,1-3H3,(H2,23,24,25);1H. The number of rotatable bonds is 6. The summed E-state index contributed by atoms with van der Waals surface area (Å²) in [6.07, 6.45) is 0.411. The van der Waals surface area contributed by atoms with E-state index >= 15 is 0 Å². The van der Waals surface area contributed by atoms with E-state index < -0.39 is 11.6 Å². The number of guanidine groups is 1. The first-order chi connectivity index (χ1) is 12.9. The molecule has 0 fully saturated rings. The lowest BCUT2D eigenvalue weighted by Crippen LogP contribution is -2.37. The van der Waals surface area contributed by atoms with E-state index in [2.05, 4.69) is 15.6 Å². The van der Waals surface area contributed by atoms with Gasteiger partial charge in [-0.25, -0.2) is 8.78 Å². The Kier molecular flexibility index (Phi) is 9.84. The first-order valence-corrected chi connectivity index (χ1v) is 8.59. The number of hydrogen-bond acceptors (Lipinski definition) is 2. The molecule has 0 aromatic heterocycles. The number of nitrogens with zero attached hydrogens (tertiary/aromatic N) is 2. The zero-order valence-corrected chi connectivity index (χ0v) is 18.5. The minimum absolute atomic E-state index is 0. The zero-order valence-electron chi connectivity index (χ0n) is 16.1. The molecule has 1 amide bonds. The lowest BCUT2D eigenvalue weighted by Gasteiger charge is -2.13. The quantitative estimate of drug-likeness (QED) is 0.363. The second-order valence-electron chi connectivity index (χ2n) is 6.23. The third-order valence-corrected chi connectivity index (χ3v) is 3.99. The van der Waals surface area contributed by atoms with E-state index in [4.69, 9.17) is 0 Å². The van der Waals surface area contributed by atoms with Crippen molar-refractivity contribution in [1.29, 1.82) is 0 Å². The van der Waals surface area contributed by atoms with E-state index in [-0.39, 0.29) is 29.9 Å². The molecule has 0 spiro atoms. The van der Waals surface area contributed by atoms with Crippen molar-refractivity contribution in [3.8, 4) is 0 Å².